The number of ether oxygens (including phenoxy) is 3. The van der Waals surface area contributed by atoms with Gasteiger partial charge in [0.2, 0.25) is 5.88 Å². The van der Waals surface area contributed by atoms with Crippen LogP contribution in [0.4, 0.5) is 0 Å². The summed E-state index contributed by atoms with van der Waals surface area (Å²) < 4.78 is 15.8. The third kappa shape index (κ3) is 7.32. The number of allylic oxidation sites excluding steroid dienone is 2. The normalized spacial score (nSPS) is 11.3. The summed E-state index contributed by atoms with van der Waals surface area (Å²) >= 11 is 0. The topological polar surface area (TPSA) is 40.6 Å². The number of aromatic nitrogens is 1. The first kappa shape index (κ1) is 18.9. The van der Waals surface area contributed by atoms with Gasteiger partial charge in [0.1, 0.15) is 11.5 Å². The highest BCUT2D eigenvalue weighted by atomic mass is 16.5. The maximum Gasteiger partial charge on any atom is 0.213 e. The van der Waals surface area contributed by atoms with Gasteiger partial charge in [0.15, 0.2) is 0 Å². The number of rotatable bonds is 7. The van der Waals surface area contributed by atoms with E-state index in [-0.39, 0.29) is 0 Å². The second-order valence-electron chi connectivity index (χ2n) is 3.69. The second kappa shape index (κ2) is 11.7. The Bertz CT molecular complexity index is 461. The van der Waals surface area contributed by atoms with Crippen molar-refractivity contribution in [3.63, 3.8) is 0 Å². The summed E-state index contributed by atoms with van der Waals surface area (Å²) in [7, 11) is 3.21. The zero-order valence-corrected chi connectivity index (χ0v) is 13.6. The van der Waals surface area contributed by atoms with Crippen LogP contribution in [-0.2, 0) is 4.74 Å². The van der Waals surface area contributed by atoms with Gasteiger partial charge in [-0.15, -0.1) is 0 Å². The summed E-state index contributed by atoms with van der Waals surface area (Å²) in [5.74, 6) is 1.90. The van der Waals surface area contributed by atoms with Crippen LogP contribution in [0.15, 0.2) is 54.5 Å². The quantitative estimate of drug-likeness (QED) is 0.559. The predicted octanol–water partition coefficient (Wildman–Crippen LogP) is 4.16. The molecular weight excluding hydrogens is 266 g/mol. The molecule has 0 atom stereocenters. The Morgan fingerprint density at radius 1 is 1.29 bits per heavy atom. The van der Waals surface area contributed by atoms with Gasteiger partial charge in [0.25, 0.3) is 0 Å². The minimum absolute atomic E-state index is 0.491. The van der Waals surface area contributed by atoms with Crippen LogP contribution in [0, 0.1) is 0 Å². The summed E-state index contributed by atoms with van der Waals surface area (Å²) in [6.07, 6.45) is 7.09. The molecule has 0 unspecified atom stereocenters. The highest BCUT2D eigenvalue weighted by Gasteiger charge is 2.00. The van der Waals surface area contributed by atoms with Gasteiger partial charge in [-0.3, -0.25) is 0 Å². The van der Waals surface area contributed by atoms with Gasteiger partial charge in [-0.1, -0.05) is 26.5 Å². The minimum atomic E-state index is 0.491. The molecule has 116 valence electrons. The van der Waals surface area contributed by atoms with Crippen LogP contribution >= 0.6 is 0 Å². The average molecular weight is 291 g/mol. The molecule has 0 fully saturated rings. The van der Waals surface area contributed by atoms with E-state index in [2.05, 4.69) is 11.6 Å². The predicted molar refractivity (Wildman–Crippen MR) is 86.7 cm³/mol. The van der Waals surface area contributed by atoms with E-state index in [0.717, 1.165) is 5.57 Å². The van der Waals surface area contributed by atoms with Gasteiger partial charge in [0, 0.05) is 13.2 Å². The fourth-order valence-corrected chi connectivity index (χ4v) is 1.36. The Hall–Kier alpha value is -2.07. The van der Waals surface area contributed by atoms with E-state index in [1.165, 1.54) is 0 Å². The number of methoxy groups -OCH3 is 2. The number of hydrogen-bond acceptors (Lipinski definition) is 4. The fraction of sp³-hybridized carbons (Fsp3) is 0.353. The lowest BCUT2D eigenvalue weighted by atomic mass is 10.2. The van der Waals surface area contributed by atoms with Crippen LogP contribution in [0.2, 0.25) is 0 Å². The molecule has 4 heteroatoms. The highest BCUT2D eigenvalue weighted by Crippen LogP contribution is 2.17. The Morgan fingerprint density at radius 2 is 2.00 bits per heavy atom. The zero-order valence-electron chi connectivity index (χ0n) is 13.6. The van der Waals surface area contributed by atoms with Crippen molar-refractivity contribution in [2.24, 2.45) is 0 Å². The first-order valence-electron chi connectivity index (χ1n) is 6.89. The lowest BCUT2D eigenvalue weighted by Gasteiger charge is -2.08. The van der Waals surface area contributed by atoms with Crippen LogP contribution < -0.4 is 9.47 Å². The summed E-state index contributed by atoms with van der Waals surface area (Å²) in [6.45, 7) is 10.1. The molecule has 0 saturated carbocycles. The third-order valence-electron chi connectivity index (χ3n) is 2.34. The number of pyridine rings is 1. The van der Waals surface area contributed by atoms with Crippen LogP contribution in [0.3, 0.4) is 0 Å². The van der Waals surface area contributed by atoms with Crippen molar-refractivity contribution in [2.45, 2.75) is 20.8 Å². The molecule has 1 rings (SSSR count). The standard InChI is InChI=1S/C15H19NO3.C2H6/c1-5-12(11-17-3)9-13(6-2)19-14-7-8-15(18-4)16-10-14;1-2/h5-10H,1,11H2,2-4H3;1-2H3/b12-9+,13-6+;. The third-order valence-corrected chi connectivity index (χ3v) is 2.34. The number of hydrogen-bond donors (Lipinski definition) is 0. The molecule has 1 aromatic heterocycles. The molecule has 0 saturated heterocycles. The molecule has 21 heavy (non-hydrogen) atoms. The van der Waals surface area contributed by atoms with E-state index < -0.39 is 0 Å². The largest absolute Gasteiger partial charge is 0.481 e. The van der Waals surface area contributed by atoms with Gasteiger partial charge >= 0.3 is 0 Å². The highest BCUT2D eigenvalue weighted by molar-refractivity contribution is 5.31. The molecule has 0 aliphatic carbocycles. The van der Waals surface area contributed by atoms with Crippen molar-refractivity contribution in [3.05, 3.63) is 54.5 Å². The van der Waals surface area contributed by atoms with Crippen molar-refractivity contribution >= 4 is 0 Å². The summed E-state index contributed by atoms with van der Waals surface area (Å²) in [5.41, 5.74) is 0.942. The molecule has 0 aliphatic heterocycles. The van der Waals surface area contributed by atoms with Crippen molar-refractivity contribution in [1.29, 1.82) is 0 Å². The molecule has 0 spiro atoms. The van der Waals surface area contributed by atoms with E-state index in [9.17, 15) is 0 Å². The number of nitrogens with zero attached hydrogens (tertiary/aromatic N) is 1. The smallest absolute Gasteiger partial charge is 0.213 e. The molecule has 0 bridgehead atoms. The summed E-state index contributed by atoms with van der Waals surface area (Å²) in [5, 5.41) is 0. The van der Waals surface area contributed by atoms with E-state index >= 15 is 0 Å². The first-order chi connectivity index (χ1) is 10.2. The Balaban J connectivity index is 0.00000191. The van der Waals surface area contributed by atoms with Gasteiger partial charge in [0.05, 0.1) is 19.9 Å². The molecule has 0 radical (unpaired) electrons. The average Bonchev–Trinajstić information content (AvgIpc) is 2.56. The summed E-state index contributed by atoms with van der Waals surface area (Å²) in [4.78, 5) is 4.08. The van der Waals surface area contributed by atoms with Crippen molar-refractivity contribution < 1.29 is 14.2 Å². The molecule has 1 aromatic rings. The van der Waals surface area contributed by atoms with Crippen LogP contribution in [-0.4, -0.2) is 25.8 Å². The van der Waals surface area contributed by atoms with E-state index in [1.807, 2.05) is 32.9 Å². The molecule has 0 aromatic carbocycles. The van der Waals surface area contributed by atoms with Gasteiger partial charge in [-0.05, 0) is 30.7 Å². The Kier molecular flexibility index (Phi) is 10.6. The van der Waals surface area contributed by atoms with E-state index in [0.29, 0.717) is 24.0 Å². The van der Waals surface area contributed by atoms with Crippen LogP contribution in [0.5, 0.6) is 11.6 Å². The van der Waals surface area contributed by atoms with Gasteiger partial charge in [-0.2, -0.15) is 0 Å². The molecule has 0 amide bonds. The molecular formula is C17H25NO3. The molecule has 1 heterocycles. The fourth-order valence-electron chi connectivity index (χ4n) is 1.36. The first-order valence-corrected chi connectivity index (χ1v) is 6.89. The van der Waals surface area contributed by atoms with E-state index in [1.54, 1.807) is 38.6 Å². The molecule has 0 N–H and O–H groups in total. The second-order valence-corrected chi connectivity index (χ2v) is 3.69. The van der Waals surface area contributed by atoms with Crippen LogP contribution in [0.25, 0.3) is 0 Å². The maximum atomic E-state index is 5.71. The van der Waals surface area contributed by atoms with Gasteiger partial charge in [-0.25, -0.2) is 4.98 Å². The Labute approximate surface area is 127 Å². The van der Waals surface area contributed by atoms with Crippen molar-refractivity contribution in [3.8, 4) is 11.6 Å². The monoisotopic (exact) mass is 291 g/mol. The Morgan fingerprint density at radius 3 is 2.43 bits per heavy atom. The lowest BCUT2D eigenvalue weighted by Crippen LogP contribution is -1.97. The SMILES string of the molecule is C=C/C(=C\C(=C/C)Oc1ccc(OC)nc1)COC.CC. The molecule has 0 aliphatic rings. The summed E-state index contributed by atoms with van der Waals surface area (Å²) in [6, 6.07) is 3.54. The zero-order chi connectivity index (χ0) is 16.1. The minimum Gasteiger partial charge on any atom is -0.481 e. The maximum absolute atomic E-state index is 5.71. The van der Waals surface area contributed by atoms with Gasteiger partial charge < -0.3 is 14.2 Å². The van der Waals surface area contributed by atoms with Crippen LogP contribution in [0.1, 0.15) is 20.8 Å². The van der Waals surface area contributed by atoms with Crippen molar-refractivity contribution in [2.75, 3.05) is 20.8 Å². The van der Waals surface area contributed by atoms with E-state index in [4.69, 9.17) is 14.2 Å². The lowest BCUT2D eigenvalue weighted by molar-refractivity contribution is 0.228. The molecule has 4 nitrogen and oxygen atoms in total. The van der Waals surface area contributed by atoms with Crippen molar-refractivity contribution in [1.82, 2.24) is 4.98 Å².